The number of nitrogens with two attached hydrogens (primary N) is 1. The Balaban J connectivity index is 3.34. The first-order valence-corrected chi connectivity index (χ1v) is 3.79. The number of halogens is 2. The molecule has 2 N–H and O–H groups in total. The van der Waals surface area contributed by atoms with Gasteiger partial charge in [0.1, 0.15) is 0 Å². The lowest BCUT2D eigenvalue weighted by Crippen LogP contribution is -1.90. The minimum Gasteiger partial charge on any atom is -0.398 e. The Hall–Kier alpha value is -0.220. The molecule has 0 heterocycles. The minimum absolute atomic E-state index is 0.189. The highest BCUT2D eigenvalue weighted by Gasteiger charge is 2.04. The monoisotopic (exact) mass is 221 g/mol. The Morgan fingerprint density at radius 3 is 2.60 bits per heavy atom. The number of thiol groups is 1. The van der Waals surface area contributed by atoms with Crippen molar-refractivity contribution in [2.75, 3.05) is 5.73 Å². The van der Waals surface area contributed by atoms with Crippen LogP contribution in [-0.4, -0.2) is 0 Å². The van der Waals surface area contributed by atoms with Crippen molar-refractivity contribution in [1.29, 1.82) is 0 Å². The summed E-state index contributed by atoms with van der Waals surface area (Å²) in [6, 6.07) is 3.14. The zero-order chi connectivity index (χ0) is 7.72. The van der Waals surface area contributed by atoms with Gasteiger partial charge in [-0.15, -0.1) is 12.6 Å². The van der Waals surface area contributed by atoms with Crippen LogP contribution in [0.4, 0.5) is 10.1 Å². The quantitative estimate of drug-likeness (QED) is 0.511. The molecule has 54 valence electrons. The van der Waals surface area contributed by atoms with Crippen molar-refractivity contribution in [1.82, 2.24) is 0 Å². The Morgan fingerprint density at radius 2 is 2.10 bits per heavy atom. The van der Waals surface area contributed by atoms with Crippen LogP contribution in [-0.2, 0) is 0 Å². The Labute approximate surface area is 72.0 Å². The molecule has 0 aliphatic rings. The van der Waals surface area contributed by atoms with Crippen molar-refractivity contribution >= 4 is 34.2 Å². The summed E-state index contributed by atoms with van der Waals surface area (Å²) in [5, 5.41) is 0. The third-order valence-corrected chi connectivity index (χ3v) is 2.17. The second-order valence-corrected chi connectivity index (χ2v) is 3.10. The SMILES string of the molecule is Nc1ccc(Br)c(F)c1S. The Bertz CT molecular complexity index is 237. The van der Waals surface area contributed by atoms with Crippen molar-refractivity contribution in [3.05, 3.63) is 22.4 Å². The van der Waals surface area contributed by atoms with Gasteiger partial charge < -0.3 is 5.73 Å². The molecular weight excluding hydrogens is 217 g/mol. The molecule has 0 aliphatic carbocycles. The van der Waals surface area contributed by atoms with Crippen LogP contribution in [0.25, 0.3) is 0 Å². The predicted molar refractivity (Wildman–Crippen MR) is 45.8 cm³/mol. The molecule has 1 nitrogen and oxygen atoms in total. The van der Waals surface area contributed by atoms with Gasteiger partial charge in [0, 0.05) is 5.69 Å². The van der Waals surface area contributed by atoms with E-state index in [4.69, 9.17) is 5.73 Å². The number of anilines is 1. The van der Waals surface area contributed by atoms with Gasteiger partial charge in [0.05, 0.1) is 9.37 Å². The number of benzene rings is 1. The molecule has 4 heteroatoms. The third kappa shape index (κ3) is 1.27. The molecule has 0 fully saturated rings. The Kier molecular flexibility index (Phi) is 2.21. The summed E-state index contributed by atoms with van der Waals surface area (Å²) in [6.07, 6.45) is 0. The molecule has 0 radical (unpaired) electrons. The van der Waals surface area contributed by atoms with E-state index in [1.807, 2.05) is 0 Å². The molecule has 0 unspecified atom stereocenters. The van der Waals surface area contributed by atoms with Crippen LogP contribution >= 0.6 is 28.6 Å². The molecule has 0 saturated carbocycles. The van der Waals surface area contributed by atoms with E-state index < -0.39 is 5.82 Å². The first-order chi connectivity index (χ1) is 4.63. The first kappa shape index (κ1) is 7.88. The maximum absolute atomic E-state index is 12.8. The van der Waals surface area contributed by atoms with E-state index in [-0.39, 0.29) is 4.90 Å². The fourth-order valence-electron chi connectivity index (χ4n) is 0.555. The van der Waals surface area contributed by atoms with Gasteiger partial charge in [-0.25, -0.2) is 4.39 Å². The molecule has 0 aliphatic heterocycles. The molecule has 1 aromatic rings. The maximum atomic E-state index is 12.8. The zero-order valence-corrected chi connectivity index (χ0v) is 7.42. The molecule has 0 saturated heterocycles. The van der Waals surface area contributed by atoms with E-state index in [1.165, 1.54) is 0 Å². The van der Waals surface area contributed by atoms with Gasteiger partial charge in [0.2, 0.25) is 0 Å². The fourth-order valence-corrected chi connectivity index (χ4v) is 1.23. The molecule has 0 aromatic heterocycles. The highest BCUT2D eigenvalue weighted by atomic mass is 79.9. The summed E-state index contributed by atoms with van der Waals surface area (Å²) >= 11 is 6.85. The molecule has 10 heavy (non-hydrogen) atoms. The van der Waals surface area contributed by atoms with Gasteiger partial charge in [0.25, 0.3) is 0 Å². The van der Waals surface area contributed by atoms with E-state index in [1.54, 1.807) is 12.1 Å². The second-order valence-electron chi connectivity index (χ2n) is 1.80. The molecule has 0 atom stereocenters. The van der Waals surface area contributed by atoms with E-state index in [0.717, 1.165) is 0 Å². The molecule has 1 rings (SSSR count). The van der Waals surface area contributed by atoms with Gasteiger partial charge in [-0.05, 0) is 28.1 Å². The summed E-state index contributed by atoms with van der Waals surface area (Å²) in [5.74, 6) is -0.414. The van der Waals surface area contributed by atoms with Crippen LogP contribution in [0.1, 0.15) is 0 Å². The van der Waals surface area contributed by atoms with Crippen molar-refractivity contribution in [3.8, 4) is 0 Å². The van der Waals surface area contributed by atoms with Crippen molar-refractivity contribution in [2.45, 2.75) is 4.90 Å². The average Bonchev–Trinajstić information content (AvgIpc) is 1.93. The standard InChI is InChI=1S/C6H5BrFNS/c7-3-1-2-4(9)6(10)5(3)8/h1-2,10H,9H2. The highest BCUT2D eigenvalue weighted by molar-refractivity contribution is 9.10. The number of hydrogen-bond donors (Lipinski definition) is 2. The summed E-state index contributed by atoms with van der Waals surface area (Å²) in [5.41, 5.74) is 5.70. The van der Waals surface area contributed by atoms with Crippen LogP contribution in [0.15, 0.2) is 21.5 Å². The average molecular weight is 222 g/mol. The fraction of sp³-hybridized carbons (Fsp3) is 0. The zero-order valence-electron chi connectivity index (χ0n) is 4.94. The van der Waals surface area contributed by atoms with E-state index in [2.05, 4.69) is 28.6 Å². The molecular formula is C6H5BrFNS. The summed E-state index contributed by atoms with van der Waals surface area (Å²) in [4.78, 5) is 0.189. The summed E-state index contributed by atoms with van der Waals surface area (Å²) in [6.45, 7) is 0. The van der Waals surface area contributed by atoms with Crippen LogP contribution < -0.4 is 5.73 Å². The van der Waals surface area contributed by atoms with Crippen molar-refractivity contribution in [3.63, 3.8) is 0 Å². The van der Waals surface area contributed by atoms with Gasteiger partial charge in [-0.2, -0.15) is 0 Å². The summed E-state index contributed by atoms with van der Waals surface area (Å²) in [7, 11) is 0. The molecule has 0 amide bonds. The number of nitrogen functional groups attached to an aromatic ring is 1. The lowest BCUT2D eigenvalue weighted by atomic mass is 10.3. The number of rotatable bonds is 0. The largest absolute Gasteiger partial charge is 0.398 e. The smallest absolute Gasteiger partial charge is 0.152 e. The first-order valence-electron chi connectivity index (χ1n) is 2.55. The topological polar surface area (TPSA) is 26.0 Å². The maximum Gasteiger partial charge on any atom is 0.152 e. The highest BCUT2D eigenvalue weighted by Crippen LogP contribution is 2.26. The van der Waals surface area contributed by atoms with Gasteiger partial charge in [-0.1, -0.05) is 0 Å². The predicted octanol–water partition coefficient (Wildman–Crippen LogP) is 2.46. The lowest BCUT2D eigenvalue weighted by Gasteiger charge is -2.00. The van der Waals surface area contributed by atoms with Crippen LogP contribution in [0, 0.1) is 5.82 Å². The van der Waals surface area contributed by atoms with E-state index in [0.29, 0.717) is 10.2 Å². The second kappa shape index (κ2) is 2.80. The molecule has 0 bridgehead atoms. The van der Waals surface area contributed by atoms with Crippen LogP contribution in [0.5, 0.6) is 0 Å². The third-order valence-electron chi connectivity index (χ3n) is 1.10. The van der Waals surface area contributed by atoms with Crippen LogP contribution in [0.3, 0.4) is 0 Å². The number of hydrogen-bond acceptors (Lipinski definition) is 2. The Morgan fingerprint density at radius 1 is 1.50 bits per heavy atom. The summed E-state index contributed by atoms with van der Waals surface area (Å²) < 4.78 is 13.2. The minimum atomic E-state index is -0.414. The lowest BCUT2D eigenvalue weighted by molar-refractivity contribution is 0.597. The molecule has 1 aromatic carbocycles. The van der Waals surface area contributed by atoms with Crippen molar-refractivity contribution < 1.29 is 4.39 Å². The van der Waals surface area contributed by atoms with Crippen LogP contribution in [0.2, 0.25) is 0 Å². The van der Waals surface area contributed by atoms with Gasteiger partial charge >= 0.3 is 0 Å². The van der Waals surface area contributed by atoms with Gasteiger partial charge in [0.15, 0.2) is 5.82 Å². The van der Waals surface area contributed by atoms with E-state index in [9.17, 15) is 4.39 Å². The normalized spacial score (nSPS) is 9.90. The molecule has 0 spiro atoms. The van der Waals surface area contributed by atoms with E-state index >= 15 is 0 Å². The van der Waals surface area contributed by atoms with Gasteiger partial charge in [-0.3, -0.25) is 0 Å². The van der Waals surface area contributed by atoms with Crippen molar-refractivity contribution in [2.24, 2.45) is 0 Å².